The molecule has 1 N–H and O–H groups in total. The van der Waals surface area contributed by atoms with Crippen molar-refractivity contribution in [3.8, 4) is 5.75 Å². The molecule has 82 valence electrons. The minimum absolute atomic E-state index is 0.172. The van der Waals surface area contributed by atoms with Crippen molar-refractivity contribution in [2.75, 3.05) is 11.4 Å². The maximum Gasteiger partial charge on any atom is 0.227 e. The Balaban J connectivity index is 0.000000531. The zero-order valence-electron chi connectivity index (χ0n) is 9.23. The molecule has 0 aromatic heterocycles. The summed E-state index contributed by atoms with van der Waals surface area (Å²) in [6.07, 6.45) is 1.57. The fraction of sp³-hybridized carbons (Fsp3) is 0.417. The molecule has 0 saturated carbocycles. The Morgan fingerprint density at radius 2 is 1.80 bits per heavy atom. The van der Waals surface area contributed by atoms with Crippen molar-refractivity contribution in [3.63, 3.8) is 0 Å². The largest absolute Gasteiger partial charge is 0.508 e. The average Bonchev–Trinajstić information content (AvgIpc) is 2.69. The van der Waals surface area contributed by atoms with Crippen LogP contribution in [0.15, 0.2) is 24.3 Å². The van der Waals surface area contributed by atoms with Crippen LogP contribution >= 0.6 is 0 Å². The molecule has 0 atom stereocenters. The van der Waals surface area contributed by atoms with E-state index < -0.39 is 0 Å². The quantitative estimate of drug-likeness (QED) is 0.768. The van der Waals surface area contributed by atoms with Crippen LogP contribution in [0.25, 0.3) is 0 Å². The van der Waals surface area contributed by atoms with E-state index in [0.29, 0.717) is 6.42 Å². The van der Waals surface area contributed by atoms with Gasteiger partial charge in [-0.05, 0) is 30.7 Å². The maximum atomic E-state index is 11.3. The molecule has 0 spiro atoms. The smallest absolute Gasteiger partial charge is 0.227 e. The fourth-order valence-electron chi connectivity index (χ4n) is 1.55. The molecule has 3 heteroatoms. The van der Waals surface area contributed by atoms with Gasteiger partial charge in [0.2, 0.25) is 5.91 Å². The van der Waals surface area contributed by atoms with E-state index in [-0.39, 0.29) is 11.7 Å². The van der Waals surface area contributed by atoms with Crippen molar-refractivity contribution in [2.45, 2.75) is 26.7 Å². The van der Waals surface area contributed by atoms with Gasteiger partial charge in [0.25, 0.3) is 0 Å². The van der Waals surface area contributed by atoms with Crippen molar-refractivity contribution in [1.82, 2.24) is 0 Å². The van der Waals surface area contributed by atoms with Crippen LogP contribution in [-0.2, 0) is 4.79 Å². The normalized spacial score (nSPS) is 14.8. The van der Waals surface area contributed by atoms with E-state index in [0.717, 1.165) is 18.7 Å². The molecule has 3 nitrogen and oxygen atoms in total. The molecule has 1 aromatic carbocycles. The summed E-state index contributed by atoms with van der Waals surface area (Å²) in [5, 5.41) is 9.06. The summed E-state index contributed by atoms with van der Waals surface area (Å²) in [5.74, 6) is 0.404. The van der Waals surface area contributed by atoms with E-state index in [9.17, 15) is 4.79 Å². The molecule has 1 amide bonds. The topological polar surface area (TPSA) is 40.5 Å². The zero-order chi connectivity index (χ0) is 11.3. The predicted molar refractivity (Wildman–Crippen MR) is 61.0 cm³/mol. The number of hydrogen-bond donors (Lipinski definition) is 1. The Kier molecular flexibility index (Phi) is 4.16. The first-order valence-corrected chi connectivity index (χ1v) is 5.37. The molecule has 15 heavy (non-hydrogen) atoms. The van der Waals surface area contributed by atoms with Crippen LogP contribution in [0.2, 0.25) is 0 Å². The highest BCUT2D eigenvalue weighted by Crippen LogP contribution is 2.22. The molecule has 0 radical (unpaired) electrons. The van der Waals surface area contributed by atoms with Gasteiger partial charge >= 0.3 is 0 Å². The van der Waals surface area contributed by atoms with E-state index >= 15 is 0 Å². The number of benzene rings is 1. The third-order valence-corrected chi connectivity index (χ3v) is 2.23. The van der Waals surface area contributed by atoms with Crippen molar-refractivity contribution >= 4 is 11.6 Å². The minimum Gasteiger partial charge on any atom is -0.508 e. The average molecular weight is 207 g/mol. The molecule has 0 aliphatic carbocycles. The molecule has 1 heterocycles. The standard InChI is InChI=1S/C10H11NO2.C2H6/c12-9-5-3-8(4-6-9)11-7-1-2-10(11)13;1-2/h3-6,12H,1-2,7H2;1-2H3. The van der Waals surface area contributed by atoms with Crippen LogP contribution in [0, 0.1) is 0 Å². The number of hydrogen-bond acceptors (Lipinski definition) is 2. The van der Waals surface area contributed by atoms with Gasteiger partial charge in [-0.1, -0.05) is 13.8 Å². The van der Waals surface area contributed by atoms with Gasteiger partial charge in [0.1, 0.15) is 5.75 Å². The van der Waals surface area contributed by atoms with Gasteiger partial charge in [-0.2, -0.15) is 0 Å². The molecular formula is C12H17NO2. The number of phenolic OH excluding ortho intramolecular Hbond substituents is 1. The van der Waals surface area contributed by atoms with Crippen LogP contribution in [0.3, 0.4) is 0 Å². The van der Waals surface area contributed by atoms with Crippen molar-refractivity contribution in [3.05, 3.63) is 24.3 Å². The van der Waals surface area contributed by atoms with Gasteiger partial charge in [0, 0.05) is 18.7 Å². The summed E-state index contributed by atoms with van der Waals surface area (Å²) in [7, 11) is 0. The van der Waals surface area contributed by atoms with E-state index in [4.69, 9.17) is 5.11 Å². The van der Waals surface area contributed by atoms with Crippen LogP contribution in [-0.4, -0.2) is 17.6 Å². The zero-order valence-corrected chi connectivity index (χ0v) is 9.23. The predicted octanol–water partition coefficient (Wildman–Crippen LogP) is 2.55. The summed E-state index contributed by atoms with van der Waals surface area (Å²) in [6, 6.07) is 6.72. The number of aromatic hydroxyl groups is 1. The Hall–Kier alpha value is -1.51. The number of rotatable bonds is 1. The second-order valence-electron chi connectivity index (χ2n) is 3.17. The van der Waals surface area contributed by atoms with Crippen LogP contribution in [0.5, 0.6) is 5.75 Å². The van der Waals surface area contributed by atoms with E-state index in [1.165, 1.54) is 0 Å². The molecule has 0 bridgehead atoms. The highest BCUT2D eigenvalue weighted by atomic mass is 16.3. The molecule has 1 aromatic rings. The third kappa shape index (κ3) is 2.72. The Morgan fingerprint density at radius 3 is 2.27 bits per heavy atom. The molecule has 1 aliphatic rings. The van der Waals surface area contributed by atoms with Crippen LogP contribution in [0.1, 0.15) is 26.7 Å². The molecule has 1 saturated heterocycles. The summed E-state index contributed by atoms with van der Waals surface area (Å²) in [6.45, 7) is 4.80. The van der Waals surface area contributed by atoms with Crippen LogP contribution < -0.4 is 4.90 Å². The Labute approximate surface area is 90.3 Å². The Morgan fingerprint density at radius 1 is 1.20 bits per heavy atom. The molecule has 0 unspecified atom stereocenters. The number of amides is 1. The minimum atomic E-state index is 0.172. The lowest BCUT2D eigenvalue weighted by Crippen LogP contribution is -2.23. The lowest BCUT2D eigenvalue weighted by molar-refractivity contribution is -0.117. The molecular weight excluding hydrogens is 190 g/mol. The number of phenols is 1. The molecule has 2 rings (SSSR count). The fourth-order valence-corrected chi connectivity index (χ4v) is 1.55. The first kappa shape index (κ1) is 11.6. The first-order chi connectivity index (χ1) is 7.27. The monoisotopic (exact) mass is 207 g/mol. The lowest BCUT2D eigenvalue weighted by atomic mass is 10.3. The number of anilines is 1. The van der Waals surface area contributed by atoms with Gasteiger partial charge in [-0.15, -0.1) is 0 Å². The van der Waals surface area contributed by atoms with Crippen molar-refractivity contribution < 1.29 is 9.90 Å². The number of nitrogens with zero attached hydrogens (tertiary/aromatic N) is 1. The van der Waals surface area contributed by atoms with Crippen molar-refractivity contribution in [2.24, 2.45) is 0 Å². The van der Waals surface area contributed by atoms with Gasteiger partial charge in [-0.25, -0.2) is 0 Å². The highest BCUT2D eigenvalue weighted by molar-refractivity contribution is 5.95. The second-order valence-corrected chi connectivity index (χ2v) is 3.17. The van der Waals surface area contributed by atoms with Crippen LogP contribution in [0.4, 0.5) is 5.69 Å². The van der Waals surface area contributed by atoms with E-state index in [1.807, 2.05) is 13.8 Å². The van der Waals surface area contributed by atoms with Gasteiger partial charge in [-0.3, -0.25) is 4.79 Å². The van der Waals surface area contributed by atoms with Crippen molar-refractivity contribution in [1.29, 1.82) is 0 Å². The number of carbonyl (C=O) groups is 1. The Bertz CT molecular complexity index is 319. The molecule has 1 fully saturated rings. The second kappa shape index (κ2) is 5.39. The molecule has 1 aliphatic heterocycles. The summed E-state index contributed by atoms with van der Waals surface area (Å²) in [4.78, 5) is 13.1. The summed E-state index contributed by atoms with van der Waals surface area (Å²) < 4.78 is 0. The summed E-state index contributed by atoms with van der Waals surface area (Å²) in [5.41, 5.74) is 0.875. The third-order valence-electron chi connectivity index (χ3n) is 2.23. The lowest BCUT2D eigenvalue weighted by Gasteiger charge is -2.14. The SMILES string of the molecule is CC.O=C1CCCN1c1ccc(O)cc1. The maximum absolute atomic E-state index is 11.3. The summed E-state index contributed by atoms with van der Waals surface area (Å²) >= 11 is 0. The van der Waals surface area contributed by atoms with Gasteiger partial charge < -0.3 is 10.0 Å². The van der Waals surface area contributed by atoms with E-state index in [2.05, 4.69) is 0 Å². The van der Waals surface area contributed by atoms with Gasteiger partial charge in [0.05, 0.1) is 0 Å². The number of carbonyl (C=O) groups excluding carboxylic acids is 1. The van der Waals surface area contributed by atoms with E-state index in [1.54, 1.807) is 29.2 Å². The van der Waals surface area contributed by atoms with Gasteiger partial charge in [0.15, 0.2) is 0 Å². The first-order valence-electron chi connectivity index (χ1n) is 5.37. The highest BCUT2D eigenvalue weighted by Gasteiger charge is 2.21.